The van der Waals surface area contributed by atoms with Gasteiger partial charge in [0.05, 0.1) is 14.2 Å². The molecule has 0 atom stereocenters. The van der Waals surface area contributed by atoms with Crippen molar-refractivity contribution < 1.29 is 33.7 Å². The van der Waals surface area contributed by atoms with Crippen LogP contribution >= 0.6 is 0 Å². The Morgan fingerprint density at radius 1 is 0.879 bits per heavy atom. The van der Waals surface area contributed by atoms with Gasteiger partial charge in [-0.1, -0.05) is 12.1 Å². The number of phenolic OH excluding ortho intramolecular Hbond substituents is 1. The van der Waals surface area contributed by atoms with Crippen molar-refractivity contribution in [3.05, 3.63) is 59.7 Å². The second-order valence-corrected chi connectivity index (χ2v) is 7.02. The largest absolute Gasteiger partial charge is 0.504 e. The number of carbonyl (C=O) groups is 2. The smallest absolute Gasteiger partial charge is 0.349 e. The summed E-state index contributed by atoms with van der Waals surface area (Å²) in [5.74, 6) is -0.205. The maximum absolute atomic E-state index is 12.2. The van der Waals surface area contributed by atoms with Gasteiger partial charge in [-0.2, -0.15) is 0 Å². The molecule has 3 rings (SSSR count). The summed E-state index contributed by atoms with van der Waals surface area (Å²) < 4.78 is 15.7. The van der Waals surface area contributed by atoms with Crippen molar-refractivity contribution in [2.24, 2.45) is 0 Å². The van der Waals surface area contributed by atoms with Crippen LogP contribution in [0.4, 0.5) is 0 Å². The van der Waals surface area contributed by atoms with Crippen LogP contribution in [0.2, 0.25) is 0 Å². The normalized spacial score (nSPS) is 14.4. The number of rotatable bonds is 8. The molecule has 1 aliphatic heterocycles. The third-order valence-electron chi connectivity index (χ3n) is 4.72. The van der Waals surface area contributed by atoms with Gasteiger partial charge in [0, 0.05) is 38.3 Å². The number of esters is 1. The van der Waals surface area contributed by atoms with Gasteiger partial charge in [0.15, 0.2) is 23.0 Å². The fourth-order valence-corrected chi connectivity index (χ4v) is 3.03. The van der Waals surface area contributed by atoms with Gasteiger partial charge in [0.2, 0.25) is 0 Å². The summed E-state index contributed by atoms with van der Waals surface area (Å²) in [6.45, 7) is 2.82. The van der Waals surface area contributed by atoms with Crippen molar-refractivity contribution in [1.82, 2.24) is 10.4 Å². The molecule has 0 amide bonds. The van der Waals surface area contributed by atoms with E-state index in [9.17, 15) is 14.7 Å². The highest BCUT2D eigenvalue weighted by Crippen LogP contribution is 2.29. The summed E-state index contributed by atoms with van der Waals surface area (Å²) in [5, 5.41) is 14.4. The molecule has 0 radical (unpaired) electrons. The summed E-state index contributed by atoms with van der Waals surface area (Å²) in [7, 11) is 2.90. The van der Waals surface area contributed by atoms with Gasteiger partial charge in [-0.25, -0.2) is 9.59 Å². The van der Waals surface area contributed by atoms with E-state index in [0.717, 1.165) is 13.1 Å². The predicted octanol–water partition coefficient (Wildman–Crippen LogP) is 2.40. The second kappa shape index (κ2) is 11.7. The Hall–Kier alpha value is -3.82. The zero-order chi connectivity index (χ0) is 23.6. The third kappa shape index (κ3) is 7.09. The highest BCUT2D eigenvalue weighted by molar-refractivity contribution is 5.89. The zero-order valence-corrected chi connectivity index (χ0v) is 18.4. The van der Waals surface area contributed by atoms with Crippen molar-refractivity contribution in [2.75, 3.05) is 40.4 Å². The zero-order valence-electron chi connectivity index (χ0n) is 18.4. The third-order valence-corrected chi connectivity index (χ3v) is 4.72. The van der Waals surface area contributed by atoms with E-state index in [2.05, 4.69) is 5.32 Å². The first-order valence-corrected chi connectivity index (χ1v) is 10.3. The van der Waals surface area contributed by atoms with Crippen molar-refractivity contribution in [2.45, 2.75) is 0 Å². The van der Waals surface area contributed by atoms with Crippen LogP contribution < -0.4 is 19.5 Å². The first-order chi connectivity index (χ1) is 16.0. The van der Waals surface area contributed by atoms with Gasteiger partial charge in [-0.05, 0) is 47.5 Å². The number of hydrogen-bond donors (Lipinski definition) is 2. The molecule has 1 saturated heterocycles. The molecule has 174 valence electrons. The van der Waals surface area contributed by atoms with E-state index >= 15 is 0 Å². The molecular formula is C24H26N2O7. The Labute approximate surface area is 191 Å². The number of benzene rings is 2. The molecule has 9 nitrogen and oxygen atoms in total. The molecular weight excluding hydrogens is 428 g/mol. The average molecular weight is 454 g/mol. The quantitative estimate of drug-likeness (QED) is 0.353. The van der Waals surface area contributed by atoms with Crippen LogP contribution in [0.1, 0.15) is 11.1 Å². The fourth-order valence-electron chi connectivity index (χ4n) is 3.03. The molecule has 0 saturated carbocycles. The molecule has 2 aromatic carbocycles. The van der Waals surface area contributed by atoms with Crippen LogP contribution in [0.3, 0.4) is 0 Å². The molecule has 1 fully saturated rings. The topological polar surface area (TPSA) is 107 Å². The Bertz CT molecular complexity index is 1040. The molecule has 0 unspecified atom stereocenters. The molecule has 0 bridgehead atoms. The lowest BCUT2D eigenvalue weighted by Gasteiger charge is -2.24. The number of aromatic hydroxyl groups is 1. The first kappa shape index (κ1) is 23.8. The van der Waals surface area contributed by atoms with Gasteiger partial charge < -0.3 is 29.5 Å². The lowest BCUT2D eigenvalue weighted by Crippen LogP contribution is -2.44. The minimum Gasteiger partial charge on any atom is -0.504 e. The van der Waals surface area contributed by atoms with Gasteiger partial charge in [-0.15, -0.1) is 5.06 Å². The molecule has 0 aromatic heterocycles. The van der Waals surface area contributed by atoms with Crippen molar-refractivity contribution >= 4 is 24.1 Å². The van der Waals surface area contributed by atoms with Crippen LogP contribution in [-0.4, -0.2) is 62.5 Å². The molecule has 1 heterocycles. The van der Waals surface area contributed by atoms with Crippen molar-refractivity contribution in [3.63, 3.8) is 0 Å². The molecule has 2 aromatic rings. The van der Waals surface area contributed by atoms with E-state index in [0.29, 0.717) is 35.7 Å². The molecule has 0 spiro atoms. The number of nitrogens with zero attached hydrogens (tertiary/aromatic N) is 1. The highest BCUT2D eigenvalue weighted by Gasteiger charge is 2.13. The Morgan fingerprint density at radius 2 is 1.48 bits per heavy atom. The van der Waals surface area contributed by atoms with Crippen LogP contribution in [0.25, 0.3) is 12.2 Å². The maximum atomic E-state index is 12.2. The Morgan fingerprint density at radius 3 is 2.15 bits per heavy atom. The number of nitrogens with one attached hydrogen (secondary N) is 1. The molecule has 1 aliphatic rings. The van der Waals surface area contributed by atoms with Gasteiger partial charge in [-0.3, -0.25) is 0 Å². The Balaban J connectivity index is 1.60. The Kier molecular flexibility index (Phi) is 8.45. The lowest BCUT2D eigenvalue weighted by molar-refractivity contribution is -0.186. The van der Waals surface area contributed by atoms with Crippen LogP contribution in [-0.2, 0) is 14.4 Å². The van der Waals surface area contributed by atoms with Crippen molar-refractivity contribution in [3.8, 4) is 23.0 Å². The number of piperazine rings is 1. The maximum Gasteiger partial charge on any atom is 0.349 e. The molecule has 2 N–H and O–H groups in total. The number of ether oxygens (including phenoxy) is 3. The summed E-state index contributed by atoms with van der Waals surface area (Å²) >= 11 is 0. The predicted molar refractivity (Wildman–Crippen MR) is 122 cm³/mol. The summed E-state index contributed by atoms with van der Waals surface area (Å²) in [5.41, 5.74) is 1.33. The summed E-state index contributed by atoms with van der Waals surface area (Å²) in [4.78, 5) is 29.5. The van der Waals surface area contributed by atoms with Crippen molar-refractivity contribution in [1.29, 1.82) is 0 Å². The van der Waals surface area contributed by atoms with Crippen LogP contribution in [0.15, 0.2) is 48.6 Å². The number of phenols is 1. The average Bonchev–Trinajstić information content (AvgIpc) is 2.83. The standard InChI is InChI=1S/C24H26N2O7/c1-30-21-15-17(3-7-19(21)27)5-9-23(28)32-20-8-4-18(16-22(20)31-2)6-10-24(29)33-26-13-11-25-12-14-26/h3-10,15-16,25,27H,11-14H2,1-2H3. The second-order valence-electron chi connectivity index (χ2n) is 7.02. The van der Waals surface area contributed by atoms with Crippen LogP contribution in [0, 0.1) is 0 Å². The monoisotopic (exact) mass is 454 g/mol. The number of methoxy groups -OCH3 is 2. The highest BCUT2D eigenvalue weighted by atomic mass is 16.7. The molecule has 9 heteroatoms. The van der Waals surface area contributed by atoms with E-state index in [1.807, 2.05) is 0 Å². The first-order valence-electron chi connectivity index (χ1n) is 10.3. The summed E-state index contributed by atoms with van der Waals surface area (Å²) in [6, 6.07) is 9.61. The number of carbonyl (C=O) groups excluding carboxylic acids is 2. The van der Waals surface area contributed by atoms with Crippen LogP contribution in [0.5, 0.6) is 23.0 Å². The minimum absolute atomic E-state index is 0.00756. The van der Waals surface area contributed by atoms with E-state index in [4.69, 9.17) is 19.0 Å². The van der Waals surface area contributed by atoms with E-state index in [1.165, 1.54) is 38.5 Å². The van der Waals surface area contributed by atoms with Gasteiger partial charge >= 0.3 is 11.9 Å². The molecule has 33 heavy (non-hydrogen) atoms. The lowest BCUT2D eigenvalue weighted by atomic mass is 10.2. The van der Waals surface area contributed by atoms with E-state index < -0.39 is 11.9 Å². The minimum atomic E-state index is -0.608. The molecule has 0 aliphatic carbocycles. The number of hydroxylamine groups is 2. The SMILES string of the molecule is COc1cc(C=CC(=O)Oc2ccc(C=CC(=O)ON3CCNCC3)cc2OC)ccc1O. The van der Waals surface area contributed by atoms with E-state index in [1.54, 1.807) is 41.5 Å². The van der Waals surface area contributed by atoms with Gasteiger partial charge in [0.25, 0.3) is 0 Å². The summed E-state index contributed by atoms with van der Waals surface area (Å²) in [6.07, 6.45) is 5.72. The van der Waals surface area contributed by atoms with E-state index in [-0.39, 0.29) is 11.5 Å². The van der Waals surface area contributed by atoms with Gasteiger partial charge in [0.1, 0.15) is 0 Å². The number of hydrogen-bond acceptors (Lipinski definition) is 9. The fraction of sp³-hybridized carbons (Fsp3) is 0.250.